The molecule has 0 atom stereocenters. The number of hydrogen-bond acceptors (Lipinski definition) is 3. The average Bonchev–Trinajstić information content (AvgIpc) is 3.52. The summed E-state index contributed by atoms with van der Waals surface area (Å²) in [6.45, 7) is 0.604. The van der Waals surface area contributed by atoms with E-state index in [1.165, 1.54) is 16.7 Å². The van der Waals surface area contributed by atoms with Crippen LogP contribution in [0.5, 0.6) is 0 Å². The molecule has 1 fully saturated rings. The van der Waals surface area contributed by atoms with Crippen molar-refractivity contribution in [3.05, 3.63) is 80.7 Å². The Morgan fingerprint density at radius 3 is 2.54 bits per heavy atom. The predicted molar refractivity (Wildman–Crippen MR) is 103 cm³/mol. The number of aromatic nitrogens is 2. The number of halogens is 1. The van der Waals surface area contributed by atoms with Crippen LogP contribution in [-0.2, 0) is 17.9 Å². The number of para-hydroxylation sites is 1. The van der Waals surface area contributed by atoms with Gasteiger partial charge in [-0.2, -0.15) is 0 Å². The first-order valence-corrected chi connectivity index (χ1v) is 9.29. The van der Waals surface area contributed by atoms with Crippen molar-refractivity contribution >= 4 is 16.8 Å². The highest BCUT2D eigenvalue weighted by molar-refractivity contribution is 5.79. The summed E-state index contributed by atoms with van der Waals surface area (Å²) in [4.78, 5) is 41.2. The average molecular weight is 381 g/mol. The number of benzene rings is 2. The second-order valence-electron chi connectivity index (χ2n) is 7.06. The molecule has 1 amide bonds. The highest BCUT2D eigenvalue weighted by Gasteiger charge is 2.32. The molecule has 1 saturated carbocycles. The fourth-order valence-corrected chi connectivity index (χ4v) is 3.41. The zero-order valence-electron chi connectivity index (χ0n) is 15.2. The van der Waals surface area contributed by atoms with Crippen LogP contribution >= 0.6 is 0 Å². The van der Waals surface area contributed by atoms with E-state index >= 15 is 0 Å². The number of aromatic amines is 1. The van der Waals surface area contributed by atoms with Gasteiger partial charge < -0.3 is 4.90 Å². The number of aryl methyl sites for hydroxylation is 1. The topological polar surface area (TPSA) is 75.2 Å². The Hall–Kier alpha value is -3.22. The van der Waals surface area contributed by atoms with E-state index < -0.39 is 11.2 Å². The van der Waals surface area contributed by atoms with Gasteiger partial charge in [-0.15, -0.1) is 0 Å². The fourth-order valence-electron chi connectivity index (χ4n) is 3.41. The summed E-state index contributed by atoms with van der Waals surface area (Å²) in [5, 5.41) is 0.417. The van der Waals surface area contributed by atoms with Gasteiger partial charge in [-0.1, -0.05) is 24.3 Å². The molecule has 3 aromatic rings. The van der Waals surface area contributed by atoms with Crippen LogP contribution in [0.15, 0.2) is 58.1 Å². The molecule has 2 aromatic carbocycles. The van der Waals surface area contributed by atoms with Crippen LogP contribution in [0.1, 0.15) is 24.8 Å². The molecule has 0 aliphatic heterocycles. The maximum Gasteiger partial charge on any atom is 0.328 e. The SMILES string of the molecule is O=C(CCn1c(=O)[nH]c(=O)c2ccccc21)N(Cc1ccc(F)cc1)C1CC1. The molecule has 6 nitrogen and oxygen atoms in total. The van der Waals surface area contributed by atoms with Crippen molar-refractivity contribution in [3.8, 4) is 0 Å². The van der Waals surface area contributed by atoms with Crippen molar-refractivity contribution in [2.24, 2.45) is 0 Å². The number of nitrogens with one attached hydrogen (secondary N) is 1. The first-order valence-electron chi connectivity index (χ1n) is 9.29. The van der Waals surface area contributed by atoms with Gasteiger partial charge in [-0.05, 0) is 42.7 Å². The highest BCUT2D eigenvalue weighted by Crippen LogP contribution is 2.29. The highest BCUT2D eigenvalue weighted by atomic mass is 19.1. The quantitative estimate of drug-likeness (QED) is 0.713. The summed E-state index contributed by atoms with van der Waals surface area (Å²) in [5.74, 6) is -0.369. The molecule has 0 saturated heterocycles. The number of rotatable bonds is 6. The zero-order chi connectivity index (χ0) is 19.7. The summed E-state index contributed by atoms with van der Waals surface area (Å²) in [6, 6.07) is 13.2. The monoisotopic (exact) mass is 381 g/mol. The van der Waals surface area contributed by atoms with E-state index in [4.69, 9.17) is 0 Å². The van der Waals surface area contributed by atoms with Crippen molar-refractivity contribution in [2.45, 2.75) is 38.4 Å². The molecule has 0 spiro atoms. The first kappa shape index (κ1) is 18.2. The van der Waals surface area contributed by atoms with Gasteiger partial charge in [0.15, 0.2) is 0 Å². The van der Waals surface area contributed by atoms with Crippen LogP contribution in [0.2, 0.25) is 0 Å². The van der Waals surface area contributed by atoms with Gasteiger partial charge in [0.05, 0.1) is 10.9 Å². The lowest BCUT2D eigenvalue weighted by atomic mass is 10.2. The van der Waals surface area contributed by atoms with E-state index in [0.717, 1.165) is 18.4 Å². The van der Waals surface area contributed by atoms with E-state index in [-0.39, 0.29) is 30.7 Å². The van der Waals surface area contributed by atoms with Crippen LogP contribution in [0.4, 0.5) is 4.39 Å². The maximum atomic E-state index is 13.1. The number of fused-ring (bicyclic) bond motifs is 1. The minimum Gasteiger partial charge on any atom is -0.335 e. The first-order chi connectivity index (χ1) is 13.5. The molecular formula is C21H20FN3O3. The second-order valence-corrected chi connectivity index (χ2v) is 7.06. The molecule has 0 unspecified atom stereocenters. The molecule has 1 aliphatic carbocycles. The van der Waals surface area contributed by atoms with Gasteiger partial charge in [0.25, 0.3) is 5.56 Å². The number of H-pyrrole nitrogens is 1. The van der Waals surface area contributed by atoms with Crippen LogP contribution in [0.3, 0.4) is 0 Å². The van der Waals surface area contributed by atoms with Crippen LogP contribution in [0, 0.1) is 5.82 Å². The summed E-state index contributed by atoms with van der Waals surface area (Å²) in [5.41, 5.74) is 0.431. The maximum absolute atomic E-state index is 13.1. The molecule has 0 bridgehead atoms. The van der Waals surface area contributed by atoms with Crippen molar-refractivity contribution in [2.75, 3.05) is 0 Å². The Morgan fingerprint density at radius 1 is 1.11 bits per heavy atom. The second kappa shape index (κ2) is 7.42. The lowest BCUT2D eigenvalue weighted by Crippen LogP contribution is -2.35. The predicted octanol–water partition coefficient (Wildman–Crippen LogP) is 2.41. The third kappa shape index (κ3) is 3.74. The Morgan fingerprint density at radius 2 is 1.82 bits per heavy atom. The molecule has 1 N–H and O–H groups in total. The van der Waals surface area contributed by atoms with Crippen LogP contribution in [-0.4, -0.2) is 26.4 Å². The van der Waals surface area contributed by atoms with Gasteiger partial charge in [-0.3, -0.25) is 19.1 Å². The van der Waals surface area contributed by atoms with E-state index in [1.807, 2.05) is 0 Å². The van der Waals surface area contributed by atoms with Gasteiger partial charge in [0, 0.05) is 25.6 Å². The Balaban J connectivity index is 1.53. The summed E-state index contributed by atoms with van der Waals surface area (Å²) in [7, 11) is 0. The fraction of sp³-hybridized carbons (Fsp3) is 0.286. The smallest absolute Gasteiger partial charge is 0.328 e. The number of carbonyl (C=O) groups is 1. The normalized spacial score (nSPS) is 13.6. The summed E-state index contributed by atoms with van der Waals surface area (Å²) in [6.07, 6.45) is 2.05. The third-order valence-electron chi connectivity index (χ3n) is 5.03. The molecule has 0 radical (unpaired) electrons. The summed E-state index contributed by atoms with van der Waals surface area (Å²) >= 11 is 0. The van der Waals surface area contributed by atoms with Crippen molar-refractivity contribution < 1.29 is 9.18 Å². The molecular weight excluding hydrogens is 361 g/mol. The number of hydrogen-bond donors (Lipinski definition) is 1. The van der Waals surface area contributed by atoms with Crippen molar-refractivity contribution in [3.63, 3.8) is 0 Å². The minimum absolute atomic E-state index is 0.0611. The van der Waals surface area contributed by atoms with E-state index in [0.29, 0.717) is 17.4 Å². The largest absolute Gasteiger partial charge is 0.335 e. The molecule has 1 aliphatic rings. The molecule has 1 aromatic heterocycles. The van der Waals surface area contributed by atoms with E-state index in [1.54, 1.807) is 41.3 Å². The van der Waals surface area contributed by atoms with Crippen molar-refractivity contribution in [1.82, 2.24) is 14.5 Å². The standard InChI is InChI=1S/C21H20FN3O3/c22-15-7-5-14(6-8-15)13-25(16-9-10-16)19(26)11-12-24-18-4-2-1-3-17(18)20(27)23-21(24)28/h1-8,16H,9-13H2,(H,23,27,28). The molecule has 4 rings (SSSR count). The Labute approximate surface area is 160 Å². The van der Waals surface area contributed by atoms with Gasteiger partial charge in [0.2, 0.25) is 5.91 Å². The van der Waals surface area contributed by atoms with Gasteiger partial charge >= 0.3 is 5.69 Å². The third-order valence-corrected chi connectivity index (χ3v) is 5.03. The lowest BCUT2D eigenvalue weighted by molar-refractivity contribution is -0.132. The van der Waals surface area contributed by atoms with Crippen molar-refractivity contribution in [1.29, 1.82) is 0 Å². The van der Waals surface area contributed by atoms with Crippen LogP contribution < -0.4 is 11.2 Å². The van der Waals surface area contributed by atoms with E-state index in [2.05, 4.69) is 4.98 Å². The summed E-state index contributed by atoms with van der Waals surface area (Å²) < 4.78 is 14.5. The lowest BCUT2D eigenvalue weighted by Gasteiger charge is -2.23. The minimum atomic E-state index is -0.520. The number of nitrogens with zero attached hydrogens (tertiary/aromatic N) is 2. The molecule has 144 valence electrons. The Kier molecular flexibility index (Phi) is 4.81. The Bertz CT molecular complexity index is 1130. The molecule has 1 heterocycles. The van der Waals surface area contributed by atoms with Crippen LogP contribution in [0.25, 0.3) is 10.9 Å². The van der Waals surface area contributed by atoms with Gasteiger partial charge in [-0.25, -0.2) is 9.18 Å². The number of carbonyl (C=O) groups excluding carboxylic acids is 1. The molecule has 7 heteroatoms. The number of amides is 1. The molecule has 28 heavy (non-hydrogen) atoms. The van der Waals surface area contributed by atoms with Gasteiger partial charge in [0.1, 0.15) is 5.82 Å². The zero-order valence-corrected chi connectivity index (χ0v) is 15.2. The van der Waals surface area contributed by atoms with E-state index in [9.17, 15) is 18.8 Å².